The van der Waals surface area contributed by atoms with Crippen molar-refractivity contribution >= 4 is 5.91 Å². The first-order valence-electron chi connectivity index (χ1n) is 8.13. The highest BCUT2D eigenvalue weighted by atomic mass is 19.1. The second kappa shape index (κ2) is 7.14. The van der Waals surface area contributed by atoms with Gasteiger partial charge in [0.05, 0.1) is 5.56 Å². The van der Waals surface area contributed by atoms with Gasteiger partial charge in [0.1, 0.15) is 11.6 Å². The van der Waals surface area contributed by atoms with E-state index in [9.17, 15) is 18.4 Å². The van der Waals surface area contributed by atoms with E-state index in [1.807, 2.05) is 11.8 Å². The molecule has 0 saturated carbocycles. The molecule has 25 heavy (non-hydrogen) atoms. The molecule has 0 aliphatic carbocycles. The highest BCUT2D eigenvalue weighted by molar-refractivity contribution is 5.93. The van der Waals surface area contributed by atoms with Crippen molar-refractivity contribution in [3.8, 4) is 0 Å². The largest absolute Gasteiger partial charge is 0.336 e. The first kappa shape index (κ1) is 17.3. The topological polar surface area (TPSA) is 56.4 Å². The highest BCUT2D eigenvalue weighted by Crippen LogP contribution is 2.25. The molecule has 2 aromatic rings. The summed E-state index contributed by atoms with van der Waals surface area (Å²) in [5.74, 6) is -1.05. The predicted octanol–water partition coefficient (Wildman–Crippen LogP) is 2.17. The first-order valence-corrected chi connectivity index (χ1v) is 8.13. The molecule has 1 fully saturated rings. The zero-order chi connectivity index (χ0) is 18.0. The number of carbonyl (C=O) groups excluding carboxylic acids is 1. The minimum absolute atomic E-state index is 0.152. The summed E-state index contributed by atoms with van der Waals surface area (Å²) in [4.78, 5) is 29.7. The number of nitrogens with one attached hydrogen (secondary N) is 1. The molecule has 7 heteroatoms. The number of piperazine rings is 1. The number of nitrogens with zero attached hydrogens (tertiary/aromatic N) is 2. The number of hydrogen-bond acceptors (Lipinski definition) is 3. The number of H-pyrrole nitrogens is 1. The van der Waals surface area contributed by atoms with E-state index < -0.39 is 11.6 Å². The normalized spacial score (nSPS) is 16.7. The quantitative estimate of drug-likeness (QED) is 0.926. The zero-order valence-electron chi connectivity index (χ0n) is 13.8. The van der Waals surface area contributed by atoms with Gasteiger partial charge in [-0.1, -0.05) is 0 Å². The van der Waals surface area contributed by atoms with E-state index in [2.05, 4.69) is 4.98 Å². The molecule has 0 radical (unpaired) electrons. The molecule has 1 aromatic heterocycles. The number of hydrogen-bond donors (Lipinski definition) is 1. The molecule has 1 amide bonds. The number of halogens is 2. The average molecular weight is 347 g/mol. The Balaban J connectivity index is 1.65. The van der Waals surface area contributed by atoms with Crippen LogP contribution in [0, 0.1) is 11.6 Å². The van der Waals surface area contributed by atoms with Gasteiger partial charge in [-0.3, -0.25) is 14.5 Å². The van der Waals surface area contributed by atoms with Crippen molar-refractivity contribution in [1.29, 1.82) is 0 Å². The molecule has 0 bridgehead atoms. The Kier molecular flexibility index (Phi) is 4.94. The smallest absolute Gasteiger partial charge is 0.255 e. The van der Waals surface area contributed by atoms with Gasteiger partial charge in [-0.25, -0.2) is 8.78 Å². The van der Waals surface area contributed by atoms with Gasteiger partial charge in [-0.05, 0) is 31.2 Å². The summed E-state index contributed by atoms with van der Waals surface area (Å²) in [6, 6.07) is 6.00. The van der Waals surface area contributed by atoms with Crippen molar-refractivity contribution in [2.24, 2.45) is 0 Å². The van der Waals surface area contributed by atoms with E-state index in [1.54, 1.807) is 4.90 Å². The van der Waals surface area contributed by atoms with Gasteiger partial charge < -0.3 is 9.88 Å². The molecule has 1 N–H and O–H groups in total. The Morgan fingerprint density at radius 2 is 1.84 bits per heavy atom. The molecule has 0 unspecified atom stereocenters. The van der Waals surface area contributed by atoms with Gasteiger partial charge in [-0.15, -0.1) is 0 Å². The van der Waals surface area contributed by atoms with Crippen molar-refractivity contribution < 1.29 is 13.6 Å². The molecule has 2 heterocycles. The van der Waals surface area contributed by atoms with Crippen LogP contribution in [0.3, 0.4) is 0 Å². The van der Waals surface area contributed by atoms with Crippen molar-refractivity contribution in [2.45, 2.75) is 13.0 Å². The average Bonchev–Trinajstić information content (AvgIpc) is 2.63. The summed E-state index contributed by atoms with van der Waals surface area (Å²) in [7, 11) is 0. The standard InChI is InChI=1S/C18H19F2N3O2/c1-12(15-10-14(19)3-4-16(15)20)22-6-8-23(9-7-22)18(25)13-2-5-17(24)21-11-13/h2-5,10-12H,6-9H2,1H3,(H,21,24)/t12-/m0/s1. The molecule has 3 rings (SSSR count). The molecule has 1 atom stereocenters. The lowest BCUT2D eigenvalue weighted by Crippen LogP contribution is -2.49. The number of rotatable bonds is 3. The van der Waals surface area contributed by atoms with Gasteiger partial charge in [-0.2, -0.15) is 0 Å². The third-order valence-electron chi connectivity index (χ3n) is 4.59. The Morgan fingerprint density at radius 3 is 2.48 bits per heavy atom. The van der Waals surface area contributed by atoms with Gasteiger partial charge in [0.2, 0.25) is 5.56 Å². The van der Waals surface area contributed by atoms with Crippen LogP contribution < -0.4 is 5.56 Å². The maximum atomic E-state index is 13.9. The van der Waals surface area contributed by atoms with E-state index in [-0.39, 0.29) is 17.5 Å². The van der Waals surface area contributed by atoms with E-state index in [4.69, 9.17) is 0 Å². The fourth-order valence-corrected chi connectivity index (χ4v) is 3.07. The SMILES string of the molecule is C[C@@H](c1cc(F)ccc1F)N1CCN(C(=O)c2ccc(=O)[nH]c2)CC1. The minimum atomic E-state index is -0.463. The number of pyridine rings is 1. The number of aromatic amines is 1. The van der Waals surface area contributed by atoms with Crippen LogP contribution in [0.2, 0.25) is 0 Å². The zero-order valence-corrected chi connectivity index (χ0v) is 13.8. The van der Waals surface area contributed by atoms with Crippen LogP contribution in [0.15, 0.2) is 41.3 Å². The Labute approximate surface area is 143 Å². The molecule has 1 aliphatic heterocycles. The maximum absolute atomic E-state index is 13.9. The first-order chi connectivity index (χ1) is 12.0. The lowest BCUT2D eigenvalue weighted by Gasteiger charge is -2.38. The van der Waals surface area contributed by atoms with E-state index in [1.165, 1.54) is 24.4 Å². The summed E-state index contributed by atoms with van der Waals surface area (Å²) >= 11 is 0. The lowest BCUT2D eigenvalue weighted by atomic mass is 10.0. The third kappa shape index (κ3) is 3.76. The van der Waals surface area contributed by atoms with Crippen molar-refractivity contribution in [2.75, 3.05) is 26.2 Å². The number of aromatic nitrogens is 1. The lowest BCUT2D eigenvalue weighted by molar-refractivity contribution is 0.0578. The number of benzene rings is 1. The van der Waals surface area contributed by atoms with Crippen LogP contribution in [0.4, 0.5) is 8.78 Å². The van der Waals surface area contributed by atoms with Crippen LogP contribution in [0.25, 0.3) is 0 Å². The summed E-state index contributed by atoms with van der Waals surface area (Å²) in [5.41, 5.74) is 0.491. The van der Waals surface area contributed by atoms with Crippen molar-refractivity contribution in [1.82, 2.24) is 14.8 Å². The fourth-order valence-electron chi connectivity index (χ4n) is 3.07. The van der Waals surface area contributed by atoms with Crippen molar-refractivity contribution in [3.63, 3.8) is 0 Å². The molecular weight excluding hydrogens is 328 g/mol. The summed E-state index contributed by atoms with van der Waals surface area (Å²) in [6.45, 7) is 3.92. The van der Waals surface area contributed by atoms with E-state index >= 15 is 0 Å². The Hall–Kier alpha value is -2.54. The van der Waals surface area contributed by atoms with E-state index in [0.717, 1.165) is 12.1 Å². The molecule has 0 spiro atoms. The van der Waals surface area contributed by atoms with Crippen LogP contribution in [0.5, 0.6) is 0 Å². The van der Waals surface area contributed by atoms with Crippen LogP contribution in [0.1, 0.15) is 28.9 Å². The molecule has 1 saturated heterocycles. The summed E-state index contributed by atoms with van der Waals surface area (Å²) in [5, 5.41) is 0. The summed E-state index contributed by atoms with van der Waals surface area (Å²) in [6.07, 6.45) is 1.40. The van der Waals surface area contributed by atoms with Crippen LogP contribution in [-0.4, -0.2) is 46.9 Å². The third-order valence-corrected chi connectivity index (χ3v) is 4.59. The fraction of sp³-hybridized carbons (Fsp3) is 0.333. The summed E-state index contributed by atoms with van der Waals surface area (Å²) < 4.78 is 27.3. The molecule has 1 aliphatic rings. The van der Waals surface area contributed by atoms with Crippen molar-refractivity contribution in [3.05, 3.63) is 69.6 Å². The molecular formula is C18H19F2N3O2. The second-order valence-corrected chi connectivity index (χ2v) is 6.11. The molecule has 132 valence electrons. The van der Waals surface area contributed by atoms with Gasteiger partial charge >= 0.3 is 0 Å². The van der Waals surface area contributed by atoms with Gasteiger partial charge in [0, 0.05) is 50.0 Å². The van der Waals surface area contributed by atoms with Gasteiger partial charge in [0.15, 0.2) is 0 Å². The minimum Gasteiger partial charge on any atom is -0.336 e. The second-order valence-electron chi connectivity index (χ2n) is 6.11. The van der Waals surface area contributed by atoms with Crippen LogP contribution >= 0.6 is 0 Å². The molecule has 1 aromatic carbocycles. The highest BCUT2D eigenvalue weighted by Gasteiger charge is 2.26. The van der Waals surface area contributed by atoms with Gasteiger partial charge in [0.25, 0.3) is 5.91 Å². The van der Waals surface area contributed by atoms with Crippen LogP contribution in [-0.2, 0) is 0 Å². The Bertz CT molecular complexity index is 809. The maximum Gasteiger partial charge on any atom is 0.255 e. The molecule has 5 nitrogen and oxygen atoms in total. The Morgan fingerprint density at radius 1 is 1.12 bits per heavy atom. The predicted molar refractivity (Wildman–Crippen MR) is 89.3 cm³/mol. The number of carbonyl (C=O) groups is 1. The monoisotopic (exact) mass is 347 g/mol. The van der Waals surface area contributed by atoms with E-state index in [0.29, 0.717) is 37.3 Å². The number of amides is 1.